The number of amides is 1. The fraction of sp³-hybridized carbons (Fsp3) is 0.158. The van der Waals surface area contributed by atoms with Crippen molar-refractivity contribution < 1.29 is 13.2 Å². The van der Waals surface area contributed by atoms with Gasteiger partial charge in [0, 0.05) is 23.9 Å². The zero-order chi connectivity index (χ0) is 19.4. The molecule has 7 nitrogen and oxygen atoms in total. The molecule has 0 bridgehead atoms. The maximum Gasteiger partial charge on any atom is 0.251 e. The van der Waals surface area contributed by atoms with Crippen LogP contribution >= 0.6 is 0 Å². The number of aryl methyl sites for hydroxylation is 1. The summed E-state index contributed by atoms with van der Waals surface area (Å²) in [6, 6.07) is 14.6. The number of aromatic nitrogens is 2. The largest absolute Gasteiger partial charge is 0.348 e. The van der Waals surface area contributed by atoms with E-state index in [9.17, 15) is 13.2 Å². The highest BCUT2D eigenvalue weighted by molar-refractivity contribution is 7.92. The molecule has 0 unspecified atom stereocenters. The van der Waals surface area contributed by atoms with Crippen LogP contribution in [-0.2, 0) is 16.6 Å². The number of rotatable bonds is 6. The number of sulfonamides is 1. The zero-order valence-electron chi connectivity index (χ0n) is 15.0. The molecule has 1 aromatic heterocycles. The molecule has 27 heavy (non-hydrogen) atoms. The fourth-order valence-corrected chi connectivity index (χ4v) is 3.15. The topological polar surface area (TPSA) is 93.1 Å². The predicted octanol–water partition coefficient (Wildman–Crippen LogP) is 2.48. The predicted molar refractivity (Wildman–Crippen MR) is 104 cm³/mol. The summed E-state index contributed by atoms with van der Waals surface area (Å²) in [6.45, 7) is 2.08. The molecule has 2 N–H and O–H groups in total. The van der Waals surface area contributed by atoms with E-state index in [1.807, 2.05) is 36.5 Å². The van der Waals surface area contributed by atoms with E-state index in [2.05, 4.69) is 15.1 Å². The van der Waals surface area contributed by atoms with E-state index in [0.717, 1.165) is 23.1 Å². The lowest BCUT2D eigenvalue weighted by Gasteiger charge is -2.10. The Morgan fingerprint density at radius 1 is 1.15 bits per heavy atom. The van der Waals surface area contributed by atoms with E-state index < -0.39 is 10.0 Å². The highest BCUT2D eigenvalue weighted by atomic mass is 32.2. The van der Waals surface area contributed by atoms with Crippen LogP contribution in [-0.4, -0.2) is 30.4 Å². The van der Waals surface area contributed by atoms with E-state index in [1.54, 1.807) is 29.9 Å². The van der Waals surface area contributed by atoms with E-state index in [1.165, 1.54) is 6.07 Å². The van der Waals surface area contributed by atoms with Gasteiger partial charge >= 0.3 is 0 Å². The van der Waals surface area contributed by atoms with Gasteiger partial charge in [-0.3, -0.25) is 9.52 Å². The highest BCUT2D eigenvalue weighted by Crippen LogP contribution is 2.18. The first-order chi connectivity index (χ1) is 12.8. The first-order valence-corrected chi connectivity index (χ1v) is 10.2. The fourth-order valence-electron chi connectivity index (χ4n) is 2.53. The quantitative estimate of drug-likeness (QED) is 0.683. The minimum absolute atomic E-state index is 0.293. The Labute approximate surface area is 158 Å². The van der Waals surface area contributed by atoms with Gasteiger partial charge < -0.3 is 5.32 Å². The third kappa shape index (κ3) is 4.95. The van der Waals surface area contributed by atoms with Crippen LogP contribution in [0.5, 0.6) is 0 Å². The van der Waals surface area contributed by atoms with Crippen LogP contribution in [0.15, 0.2) is 60.9 Å². The second kappa shape index (κ2) is 7.63. The third-order valence-electron chi connectivity index (χ3n) is 3.90. The zero-order valence-corrected chi connectivity index (χ0v) is 15.8. The first kappa shape index (κ1) is 18.7. The number of nitrogens with one attached hydrogen (secondary N) is 2. The molecule has 0 fully saturated rings. The van der Waals surface area contributed by atoms with Gasteiger partial charge in [0.25, 0.3) is 5.91 Å². The van der Waals surface area contributed by atoms with Crippen molar-refractivity contribution in [3.05, 3.63) is 77.6 Å². The third-order valence-corrected chi connectivity index (χ3v) is 4.50. The Morgan fingerprint density at radius 2 is 1.89 bits per heavy atom. The van der Waals surface area contributed by atoms with Crippen molar-refractivity contribution in [3.63, 3.8) is 0 Å². The summed E-state index contributed by atoms with van der Waals surface area (Å²) < 4.78 is 27.0. The van der Waals surface area contributed by atoms with Gasteiger partial charge in [-0.1, -0.05) is 24.3 Å². The lowest BCUT2D eigenvalue weighted by Crippen LogP contribution is -2.23. The maximum absolute atomic E-state index is 12.4. The summed E-state index contributed by atoms with van der Waals surface area (Å²) in [5.41, 5.74) is 3.30. The van der Waals surface area contributed by atoms with Crippen LogP contribution in [0.25, 0.3) is 5.69 Å². The number of anilines is 1. The Bertz CT molecular complexity index is 1060. The SMILES string of the molecule is Cc1ccc(C(=O)NCc2cnn(-c3ccccc3)c2)cc1NS(C)(=O)=O. The number of hydrogen-bond donors (Lipinski definition) is 2. The maximum atomic E-state index is 12.4. The minimum Gasteiger partial charge on any atom is -0.348 e. The summed E-state index contributed by atoms with van der Waals surface area (Å²) in [6.07, 6.45) is 4.62. The summed E-state index contributed by atoms with van der Waals surface area (Å²) in [5, 5.41) is 7.11. The second-order valence-corrected chi connectivity index (χ2v) is 7.96. The highest BCUT2D eigenvalue weighted by Gasteiger charge is 2.11. The van der Waals surface area contributed by atoms with Crippen molar-refractivity contribution in [2.45, 2.75) is 13.5 Å². The van der Waals surface area contributed by atoms with Crippen molar-refractivity contribution in [1.29, 1.82) is 0 Å². The molecule has 3 aromatic rings. The summed E-state index contributed by atoms with van der Waals surface area (Å²) >= 11 is 0. The van der Waals surface area contributed by atoms with Crippen molar-refractivity contribution in [2.24, 2.45) is 0 Å². The average Bonchev–Trinajstić information content (AvgIpc) is 3.10. The molecule has 140 valence electrons. The normalized spacial score (nSPS) is 11.2. The second-order valence-electron chi connectivity index (χ2n) is 6.22. The Balaban J connectivity index is 1.68. The van der Waals surface area contributed by atoms with Gasteiger partial charge in [-0.2, -0.15) is 5.10 Å². The number of para-hydroxylation sites is 1. The molecular weight excluding hydrogens is 364 g/mol. The smallest absolute Gasteiger partial charge is 0.251 e. The molecule has 2 aromatic carbocycles. The van der Waals surface area contributed by atoms with Gasteiger partial charge in [-0.25, -0.2) is 13.1 Å². The lowest BCUT2D eigenvalue weighted by atomic mass is 10.1. The Kier molecular flexibility index (Phi) is 5.27. The van der Waals surface area contributed by atoms with E-state index in [0.29, 0.717) is 17.8 Å². The summed E-state index contributed by atoms with van der Waals surface area (Å²) in [7, 11) is -3.41. The van der Waals surface area contributed by atoms with Crippen molar-refractivity contribution in [1.82, 2.24) is 15.1 Å². The molecule has 1 amide bonds. The average molecular weight is 384 g/mol. The van der Waals surface area contributed by atoms with Crippen LogP contribution in [0.2, 0.25) is 0 Å². The van der Waals surface area contributed by atoms with Crippen LogP contribution in [0.3, 0.4) is 0 Å². The van der Waals surface area contributed by atoms with Crippen LogP contribution in [0.4, 0.5) is 5.69 Å². The van der Waals surface area contributed by atoms with Gasteiger partial charge in [-0.05, 0) is 36.8 Å². The molecule has 1 heterocycles. The standard InChI is InChI=1S/C19H20N4O3S/c1-14-8-9-16(10-18(14)22-27(2,25)26)19(24)20-11-15-12-21-23(13-15)17-6-4-3-5-7-17/h3-10,12-13,22H,11H2,1-2H3,(H,20,24). The molecule has 0 spiro atoms. The summed E-state index contributed by atoms with van der Waals surface area (Å²) in [4.78, 5) is 12.4. The molecular formula is C19H20N4O3S. The van der Waals surface area contributed by atoms with Gasteiger partial charge in [0.1, 0.15) is 0 Å². The molecule has 0 saturated carbocycles. The van der Waals surface area contributed by atoms with Crippen molar-refractivity contribution in [3.8, 4) is 5.69 Å². The van der Waals surface area contributed by atoms with Gasteiger partial charge in [0.15, 0.2) is 0 Å². The van der Waals surface area contributed by atoms with Gasteiger partial charge in [-0.15, -0.1) is 0 Å². The molecule has 0 aliphatic carbocycles. The number of carbonyl (C=O) groups is 1. The number of hydrogen-bond acceptors (Lipinski definition) is 4. The van der Waals surface area contributed by atoms with E-state index in [-0.39, 0.29) is 5.91 Å². The molecule has 0 aliphatic heterocycles. The van der Waals surface area contributed by atoms with E-state index in [4.69, 9.17) is 0 Å². The Morgan fingerprint density at radius 3 is 2.59 bits per heavy atom. The molecule has 0 aliphatic rings. The minimum atomic E-state index is -3.41. The van der Waals surface area contributed by atoms with Crippen molar-refractivity contribution in [2.75, 3.05) is 11.0 Å². The molecule has 0 radical (unpaired) electrons. The number of benzene rings is 2. The molecule has 0 atom stereocenters. The Hall–Kier alpha value is -3.13. The van der Waals surface area contributed by atoms with Gasteiger partial charge in [0.05, 0.1) is 23.8 Å². The monoisotopic (exact) mass is 384 g/mol. The lowest BCUT2D eigenvalue weighted by molar-refractivity contribution is 0.0951. The van der Waals surface area contributed by atoms with E-state index >= 15 is 0 Å². The van der Waals surface area contributed by atoms with Gasteiger partial charge in [0.2, 0.25) is 10.0 Å². The molecule has 8 heteroatoms. The number of nitrogens with zero attached hydrogens (tertiary/aromatic N) is 2. The van der Waals surface area contributed by atoms with Crippen LogP contribution in [0, 0.1) is 6.92 Å². The first-order valence-electron chi connectivity index (χ1n) is 8.27. The molecule has 0 saturated heterocycles. The molecule has 3 rings (SSSR count). The van der Waals surface area contributed by atoms with Crippen molar-refractivity contribution >= 4 is 21.6 Å². The number of carbonyl (C=O) groups excluding carboxylic acids is 1. The summed E-state index contributed by atoms with van der Waals surface area (Å²) in [5.74, 6) is -0.293. The van der Waals surface area contributed by atoms with Crippen LogP contribution in [0.1, 0.15) is 21.5 Å². The van der Waals surface area contributed by atoms with Crippen LogP contribution < -0.4 is 10.0 Å².